The van der Waals surface area contributed by atoms with Crippen molar-refractivity contribution < 1.29 is 19.5 Å². The van der Waals surface area contributed by atoms with Gasteiger partial charge in [0.1, 0.15) is 12.3 Å². The SMILES string of the molecule is C=CC(=O)N1CC(NC(=O)Cn2c(C)c(C(=O)N3CCc4c(O)cccc4C3)c3cc(Br)ccc32)C1. The Morgan fingerprint density at radius 1 is 1.19 bits per heavy atom. The lowest BCUT2D eigenvalue weighted by molar-refractivity contribution is -0.133. The van der Waals surface area contributed by atoms with Crippen molar-refractivity contribution >= 4 is 44.6 Å². The van der Waals surface area contributed by atoms with Crippen LogP contribution >= 0.6 is 15.9 Å². The van der Waals surface area contributed by atoms with Gasteiger partial charge in [-0.15, -0.1) is 0 Å². The number of hydrogen-bond donors (Lipinski definition) is 2. The molecule has 1 saturated heterocycles. The maximum Gasteiger partial charge on any atom is 0.256 e. The van der Waals surface area contributed by atoms with E-state index in [1.165, 1.54) is 6.08 Å². The Labute approximate surface area is 217 Å². The number of aromatic hydroxyl groups is 1. The quantitative estimate of drug-likeness (QED) is 0.477. The average molecular weight is 551 g/mol. The molecule has 1 aromatic heterocycles. The van der Waals surface area contributed by atoms with Crippen LogP contribution in [-0.2, 0) is 29.1 Å². The van der Waals surface area contributed by atoms with Crippen molar-refractivity contribution in [2.45, 2.75) is 32.5 Å². The standard InChI is InChI=1S/C27H27BrN4O4/c1-3-25(35)31-13-19(14-31)29-24(34)15-32-16(2)26(21-11-18(28)7-8-22(21)32)27(36)30-10-9-20-17(12-30)5-4-6-23(20)33/h3-8,11,19,33H,1,9-10,12-15H2,2H3,(H,29,34). The van der Waals surface area contributed by atoms with Gasteiger partial charge in [0.15, 0.2) is 0 Å². The molecule has 5 rings (SSSR count). The molecule has 3 aromatic rings. The minimum absolute atomic E-state index is 0.0693. The Morgan fingerprint density at radius 3 is 2.72 bits per heavy atom. The van der Waals surface area contributed by atoms with E-state index in [0.717, 1.165) is 32.2 Å². The number of fused-ring (bicyclic) bond motifs is 2. The zero-order valence-corrected chi connectivity index (χ0v) is 21.5. The van der Waals surface area contributed by atoms with Gasteiger partial charge in [0.05, 0.1) is 11.6 Å². The summed E-state index contributed by atoms with van der Waals surface area (Å²) >= 11 is 3.52. The molecular formula is C27H27BrN4O4. The van der Waals surface area contributed by atoms with Crippen LogP contribution in [0.15, 0.2) is 53.5 Å². The summed E-state index contributed by atoms with van der Waals surface area (Å²) in [6.45, 7) is 7.28. The van der Waals surface area contributed by atoms with Crippen molar-refractivity contribution in [2.75, 3.05) is 19.6 Å². The van der Waals surface area contributed by atoms with E-state index in [2.05, 4.69) is 27.8 Å². The molecule has 0 spiro atoms. The minimum Gasteiger partial charge on any atom is -0.508 e. The highest BCUT2D eigenvalue weighted by Crippen LogP contribution is 2.32. The summed E-state index contributed by atoms with van der Waals surface area (Å²) in [7, 11) is 0. The van der Waals surface area contributed by atoms with Crippen molar-refractivity contribution in [3.05, 3.63) is 75.9 Å². The van der Waals surface area contributed by atoms with E-state index < -0.39 is 0 Å². The number of likely N-dealkylation sites (tertiary alicyclic amines) is 1. The molecule has 0 aliphatic carbocycles. The smallest absolute Gasteiger partial charge is 0.256 e. The van der Waals surface area contributed by atoms with Crippen LogP contribution in [0.4, 0.5) is 0 Å². The molecule has 186 valence electrons. The highest BCUT2D eigenvalue weighted by Gasteiger charge is 2.32. The summed E-state index contributed by atoms with van der Waals surface area (Å²) in [5.74, 6) is -0.140. The fourth-order valence-electron chi connectivity index (χ4n) is 5.14. The van der Waals surface area contributed by atoms with Gasteiger partial charge < -0.3 is 24.8 Å². The van der Waals surface area contributed by atoms with Crippen molar-refractivity contribution in [2.24, 2.45) is 0 Å². The van der Waals surface area contributed by atoms with Gasteiger partial charge >= 0.3 is 0 Å². The van der Waals surface area contributed by atoms with E-state index >= 15 is 0 Å². The first-order chi connectivity index (χ1) is 17.3. The molecule has 36 heavy (non-hydrogen) atoms. The van der Waals surface area contributed by atoms with Crippen LogP contribution in [0.1, 0.15) is 27.2 Å². The Hall–Kier alpha value is -3.59. The highest BCUT2D eigenvalue weighted by atomic mass is 79.9. The van der Waals surface area contributed by atoms with Crippen LogP contribution in [0.25, 0.3) is 10.9 Å². The number of phenolic OH excluding ortho intramolecular Hbond substituents is 1. The average Bonchev–Trinajstić information content (AvgIpc) is 3.10. The summed E-state index contributed by atoms with van der Waals surface area (Å²) in [6, 6.07) is 11.0. The fraction of sp³-hybridized carbons (Fsp3) is 0.296. The van der Waals surface area contributed by atoms with Gasteiger partial charge in [0.2, 0.25) is 11.8 Å². The van der Waals surface area contributed by atoms with Crippen molar-refractivity contribution in [3.8, 4) is 5.75 Å². The summed E-state index contributed by atoms with van der Waals surface area (Å²) in [6.07, 6.45) is 1.86. The Balaban J connectivity index is 1.39. The third-order valence-corrected chi connectivity index (χ3v) is 7.56. The number of rotatable bonds is 5. The number of phenols is 1. The lowest BCUT2D eigenvalue weighted by atomic mass is 9.98. The minimum atomic E-state index is -0.171. The van der Waals surface area contributed by atoms with Crippen molar-refractivity contribution in [3.63, 3.8) is 0 Å². The number of nitrogens with one attached hydrogen (secondary N) is 1. The van der Waals surface area contributed by atoms with E-state index in [9.17, 15) is 19.5 Å². The predicted molar refractivity (Wildman–Crippen MR) is 140 cm³/mol. The summed E-state index contributed by atoms with van der Waals surface area (Å²) in [4.78, 5) is 41.8. The second-order valence-electron chi connectivity index (χ2n) is 9.31. The molecular weight excluding hydrogens is 524 g/mol. The van der Waals surface area contributed by atoms with Gasteiger partial charge in [-0.1, -0.05) is 34.6 Å². The number of hydrogen-bond acceptors (Lipinski definition) is 4. The summed E-state index contributed by atoms with van der Waals surface area (Å²) in [5, 5.41) is 13.9. The largest absolute Gasteiger partial charge is 0.508 e. The van der Waals surface area contributed by atoms with Crippen LogP contribution in [0, 0.1) is 6.92 Å². The third-order valence-electron chi connectivity index (χ3n) is 7.06. The zero-order valence-electron chi connectivity index (χ0n) is 20.0. The molecule has 0 atom stereocenters. The summed E-state index contributed by atoms with van der Waals surface area (Å²) < 4.78 is 2.72. The number of amides is 3. The number of halogens is 1. The van der Waals surface area contributed by atoms with Gasteiger partial charge in [0.25, 0.3) is 5.91 Å². The van der Waals surface area contributed by atoms with Gasteiger partial charge in [-0.05, 0) is 49.2 Å². The van der Waals surface area contributed by atoms with Crippen LogP contribution in [0.5, 0.6) is 5.75 Å². The molecule has 2 aliphatic rings. The van der Waals surface area contributed by atoms with E-state index in [0.29, 0.717) is 38.2 Å². The monoisotopic (exact) mass is 550 g/mol. The molecule has 2 aromatic carbocycles. The van der Waals surface area contributed by atoms with Crippen LogP contribution in [0.2, 0.25) is 0 Å². The highest BCUT2D eigenvalue weighted by molar-refractivity contribution is 9.10. The molecule has 0 radical (unpaired) electrons. The molecule has 1 fully saturated rings. The molecule has 8 nitrogen and oxygen atoms in total. The van der Waals surface area contributed by atoms with Gasteiger partial charge in [-0.25, -0.2) is 0 Å². The molecule has 2 N–H and O–H groups in total. The number of nitrogens with zero attached hydrogens (tertiary/aromatic N) is 3. The van der Waals surface area contributed by atoms with Gasteiger partial charge in [-0.2, -0.15) is 0 Å². The topological polar surface area (TPSA) is 94.9 Å². The fourth-order valence-corrected chi connectivity index (χ4v) is 5.51. The van der Waals surface area contributed by atoms with Crippen molar-refractivity contribution in [1.29, 1.82) is 0 Å². The predicted octanol–water partition coefficient (Wildman–Crippen LogP) is 3.13. The van der Waals surface area contributed by atoms with E-state index in [4.69, 9.17) is 0 Å². The third kappa shape index (κ3) is 4.28. The van der Waals surface area contributed by atoms with Crippen molar-refractivity contribution in [1.82, 2.24) is 19.7 Å². The molecule has 3 amide bonds. The second-order valence-corrected chi connectivity index (χ2v) is 10.2. The van der Waals surface area contributed by atoms with E-state index in [1.807, 2.05) is 35.8 Å². The van der Waals surface area contributed by atoms with Crippen LogP contribution < -0.4 is 5.32 Å². The molecule has 0 saturated carbocycles. The van der Waals surface area contributed by atoms with E-state index in [1.54, 1.807) is 21.9 Å². The maximum absolute atomic E-state index is 13.8. The molecule has 3 heterocycles. The van der Waals surface area contributed by atoms with E-state index in [-0.39, 0.29) is 36.1 Å². The Kier molecular flexibility index (Phi) is 6.34. The molecule has 2 aliphatic heterocycles. The number of aromatic nitrogens is 1. The lowest BCUT2D eigenvalue weighted by Crippen LogP contribution is -2.61. The Morgan fingerprint density at radius 2 is 1.97 bits per heavy atom. The lowest BCUT2D eigenvalue weighted by Gasteiger charge is -2.38. The zero-order chi connectivity index (χ0) is 25.6. The van der Waals surface area contributed by atoms with Gasteiger partial charge in [0, 0.05) is 52.8 Å². The molecule has 0 bridgehead atoms. The van der Waals surface area contributed by atoms with Crippen LogP contribution in [0.3, 0.4) is 0 Å². The summed E-state index contributed by atoms with van der Waals surface area (Å²) in [5.41, 5.74) is 3.95. The number of benzene rings is 2. The first-order valence-corrected chi connectivity index (χ1v) is 12.6. The normalized spacial score (nSPS) is 15.4. The van der Waals surface area contributed by atoms with Gasteiger partial charge in [-0.3, -0.25) is 14.4 Å². The number of carbonyl (C=O) groups excluding carboxylic acids is 3. The van der Waals surface area contributed by atoms with Crippen LogP contribution in [-0.4, -0.2) is 62.9 Å². The molecule has 9 heteroatoms. The second kappa shape index (κ2) is 9.46. The first kappa shape index (κ1) is 24.1. The first-order valence-electron chi connectivity index (χ1n) is 11.8. The molecule has 0 unspecified atom stereocenters. The maximum atomic E-state index is 13.8. The Bertz CT molecular complexity index is 1410. The number of carbonyl (C=O) groups is 3.